The first-order chi connectivity index (χ1) is 6.63. The van der Waals surface area contributed by atoms with Crippen LogP contribution in [-0.4, -0.2) is 16.0 Å². The summed E-state index contributed by atoms with van der Waals surface area (Å²) in [6, 6.07) is 3.52. The number of oxime groups is 1. The number of nitrogens with zero attached hydrogens (tertiary/aromatic N) is 1. The molecule has 0 radical (unpaired) electrons. The molecule has 0 amide bonds. The highest BCUT2D eigenvalue weighted by atomic mass is 35.5. The summed E-state index contributed by atoms with van der Waals surface area (Å²) >= 11 is 7.05. The van der Waals surface area contributed by atoms with Crippen molar-refractivity contribution in [3.63, 3.8) is 0 Å². The van der Waals surface area contributed by atoms with E-state index in [-0.39, 0.29) is 10.8 Å². The van der Waals surface area contributed by atoms with E-state index in [1.807, 2.05) is 6.92 Å². The van der Waals surface area contributed by atoms with Crippen molar-refractivity contribution in [3.05, 3.63) is 28.3 Å². The van der Waals surface area contributed by atoms with E-state index in [1.54, 1.807) is 12.1 Å². The molecule has 72 valence electrons. The molecule has 0 saturated carbocycles. The van der Waals surface area contributed by atoms with Crippen molar-refractivity contribution in [2.75, 3.05) is 0 Å². The SMILES string of the molecule is Cc1cc(Cl)c2c(c1)C(=O)/C(=N\O)S2. The first kappa shape index (κ1) is 9.55. The highest BCUT2D eigenvalue weighted by molar-refractivity contribution is 8.16. The first-order valence-electron chi connectivity index (χ1n) is 3.88. The van der Waals surface area contributed by atoms with Gasteiger partial charge in [0, 0.05) is 10.5 Å². The van der Waals surface area contributed by atoms with E-state index >= 15 is 0 Å². The lowest BCUT2D eigenvalue weighted by Gasteiger charge is -2.00. The van der Waals surface area contributed by atoms with E-state index in [4.69, 9.17) is 16.8 Å². The standard InChI is InChI=1S/C9H6ClNO2S/c1-4-2-5-7(12)9(11-13)14-8(5)6(10)3-4/h2-3,13H,1H3/b11-9+. The number of carbonyl (C=O) groups is 1. The van der Waals surface area contributed by atoms with E-state index in [2.05, 4.69) is 5.16 Å². The predicted octanol–water partition coefficient (Wildman–Crippen LogP) is 2.72. The largest absolute Gasteiger partial charge is 0.410 e. The number of hydrogen-bond donors (Lipinski definition) is 1. The molecule has 0 unspecified atom stereocenters. The lowest BCUT2D eigenvalue weighted by Crippen LogP contribution is -2.03. The van der Waals surface area contributed by atoms with Crippen LogP contribution in [-0.2, 0) is 0 Å². The molecule has 0 bridgehead atoms. The second kappa shape index (κ2) is 3.29. The predicted molar refractivity (Wildman–Crippen MR) is 55.6 cm³/mol. The number of ketones is 1. The molecule has 1 aromatic carbocycles. The molecule has 1 aliphatic heterocycles. The van der Waals surface area contributed by atoms with Gasteiger partial charge in [0.15, 0.2) is 5.04 Å². The number of fused-ring (bicyclic) bond motifs is 1. The Labute approximate surface area is 89.8 Å². The van der Waals surface area contributed by atoms with E-state index in [1.165, 1.54) is 0 Å². The van der Waals surface area contributed by atoms with Gasteiger partial charge in [-0.15, -0.1) is 0 Å². The maximum absolute atomic E-state index is 11.6. The summed E-state index contributed by atoms with van der Waals surface area (Å²) in [4.78, 5) is 12.2. The second-order valence-electron chi connectivity index (χ2n) is 2.96. The molecule has 5 heteroatoms. The Morgan fingerprint density at radius 1 is 1.50 bits per heavy atom. The quantitative estimate of drug-likeness (QED) is 0.548. The van der Waals surface area contributed by atoms with Crippen LogP contribution in [0.3, 0.4) is 0 Å². The zero-order chi connectivity index (χ0) is 10.3. The number of Topliss-reactive ketones (excluding diaryl/α,β-unsaturated/α-hetero) is 1. The van der Waals surface area contributed by atoms with Crippen molar-refractivity contribution in [1.29, 1.82) is 0 Å². The third-order valence-corrected chi connectivity index (χ3v) is 3.43. The molecule has 1 heterocycles. The monoisotopic (exact) mass is 227 g/mol. The third-order valence-electron chi connectivity index (χ3n) is 1.92. The van der Waals surface area contributed by atoms with Gasteiger partial charge in [0.25, 0.3) is 0 Å². The van der Waals surface area contributed by atoms with Gasteiger partial charge in [-0.1, -0.05) is 28.5 Å². The fourth-order valence-electron chi connectivity index (χ4n) is 1.33. The van der Waals surface area contributed by atoms with Crippen LogP contribution in [0.2, 0.25) is 5.02 Å². The Bertz CT molecular complexity index is 456. The van der Waals surface area contributed by atoms with E-state index < -0.39 is 0 Å². The number of carbonyl (C=O) groups excluding carboxylic acids is 1. The molecule has 14 heavy (non-hydrogen) atoms. The fourth-order valence-corrected chi connectivity index (χ4v) is 2.57. The molecular weight excluding hydrogens is 222 g/mol. The summed E-state index contributed by atoms with van der Waals surface area (Å²) in [5.41, 5.74) is 1.44. The molecule has 0 aliphatic carbocycles. The van der Waals surface area contributed by atoms with E-state index in [0.717, 1.165) is 17.3 Å². The molecular formula is C9H6ClNO2S. The van der Waals surface area contributed by atoms with Crippen molar-refractivity contribution < 1.29 is 10.0 Å². The zero-order valence-corrected chi connectivity index (χ0v) is 8.82. The molecule has 1 N–H and O–H groups in total. The Morgan fingerprint density at radius 2 is 2.21 bits per heavy atom. The molecule has 0 spiro atoms. The van der Waals surface area contributed by atoms with Crippen LogP contribution in [0.25, 0.3) is 0 Å². The molecule has 0 fully saturated rings. The van der Waals surface area contributed by atoms with Gasteiger partial charge in [-0.25, -0.2) is 0 Å². The maximum atomic E-state index is 11.6. The summed E-state index contributed by atoms with van der Waals surface area (Å²) in [6.45, 7) is 1.86. The number of halogens is 1. The van der Waals surface area contributed by atoms with Gasteiger partial charge in [0.05, 0.1) is 5.02 Å². The number of aryl methyl sites for hydroxylation is 1. The Kier molecular flexibility index (Phi) is 2.25. The number of rotatable bonds is 0. The molecule has 1 aromatic rings. The Morgan fingerprint density at radius 3 is 2.86 bits per heavy atom. The minimum atomic E-state index is -0.266. The maximum Gasteiger partial charge on any atom is 0.222 e. The zero-order valence-electron chi connectivity index (χ0n) is 7.24. The van der Waals surface area contributed by atoms with Crippen LogP contribution < -0.4 is 0 Å². The van der Waals surface area contributed by atoms with Gasteiger partial charge in [0.1, 0.15) is 0 Å². The first-order valence-corrected chi connectivity index (χ1v) is 5.07. The number of hydrogen-bond acceptors (Lipinski definition) is 4. The fraction of sp³-hybridized carbons (Fsp3) is 0.111. The lowest BCUT2D eigenvalue weighted by molar-refractivity contribution is 0.106. The average molecular weight is 228 g/mol. The van der Waals surface area contributed by atoms with Gasteiger partial charge in [-0.05, 0) is 24.6 Å². The minimum Gasteiger partial charge on any atom is -0.410 e. The van der Waals surface area contributed by atoms with Crippen LogP contribution in [0.4, 0.5) is 0 Å². The van der Waals surface area contributed by atoms with Gasteiger partial charge in [0.2, 0.25) is 5.78 Å². The van der Waals surface area contributed by atoms with Crippen molar-refractivity contribution in [2.24, 2.45) is 5.16 Å². The normalized spacial score (nSPS) is 17.6. The van der Waals surface area contributed by atoms with Crippen LogP contribution in [0.15, 0.2) is 22.2 Å². The molecule has 2 rings (SSSR count). The molecule has 0 saturated heterocycles. The second-order valence-corrected chi connectivity index (χ2v) is 4.37. The van der Waals surface area contributed by atoms with Gasteiger partial charge in [-0.3, -0.25) is 4.79 Å². The van der Waals surface area contributed by atoms with Crippen molar-refractivity contribution in [2.45, 2.75) is 11.8 Å². The summed E-state index contributed by atoms with van der Waals surface area (Å²) in [5, 5.41) is 12.1. The smallest absolute Gasteiger partial charge is 0.222 e. The number of benzene rings is 1. The third kappa shape index (κ3) is 1.31. The number of thioether (sulfide) groups is 1. The van der Waals surface area contributed by atoms with Crippen molar-refractivity contribution >= 4 is 34.2 Å². The minimum absolute atomic E-state index is 0.0764. The summed E-state index contributed by atoms with van der Waals surface area (Å²) in [7, 11) is 0. The summed E-state index contributed by atoms with van der Waals surface area (Å²) in [5.74, 6) is -0.266. The molecule has 3 nitrogen and oxygen atoms in total. The summed E-state index contributed by atoms with van der Waals surface area (Å²) in [6.07, 6.45) is 0. The molecule has 0 aromatic heterocycles. The van der Waals surface area contributed by atoms with Crippen LogP contribution in [0.1, 0.15) is 15.9 Å². The molecule has 1 aliphatic rings. The van der Waals surface area contributed by atoms with Crippen molar-refractivity contribution in [3.8, 4) is 0 Å². The summed E-state index contributed by atoms with van der Waals surface area (Å²) < 4.78 is 0. The van der Waals surface area contributed by atoms with E-state index in [0.29, 0.717) is 15.5 Å². The van der Waals surface area contributed by atoms with Gasteiger partial charge >= 0.3 is 0 Å². The molecule has 0 atom stereocenters. The van der Waals surface area contributed by atoms with Gasteiger partial charge < -0.3 is 5.21 Å². The van der Waals surface area contributed by atoms with Crippen LogP contribution >= 0.6 is 23.4 Å². The highest BCUT2D eigenvalue weighted by Gasteiger charge is 2.30. The highest BCUT2D eigenvalue weighted by Crippen LogP contribution is 2.39. The van der Waals surface area contributed by atoms with Gasteiger partial charge in [-0.2, -0.15) is 0 Å². The van der Waals surface area contributed by atoms with Crippen molar-refractivity contribution in [1.82, 2.24) is 0 Å². The average Bonchev–Trinajstić information content (AvgIpc) is 2.44. The van der Waals surface area contributed by atoms with Crippen LogP contribution in [0, 0.1) is 6.92 Å². The van der Waals surface area contributed by atoms with Crippen LogP contribution in [0.5, 0.6) is 0 Å². The van der Waals surface area contributed by atoms with E-state index in [9.17, 15) is 4.79 Å². The topological polar surface area (TPSA) is 49.7 Å². The Balaban J connectivity index is 2.65. The lowest BCUT2D eigenvalue weighted by atomic mass is 10.1. The Hall–Kier alpha value is -1.00.